The summed E-state index contributed by atoms with van der Waals surface area (Å²) >= 11 is 1.50. The third kappa shape index (κ3) is 3.54. The number of likely N-dealkylation sites (tertiary alicyclic amines) is 1. The predicted molar refractivity (Wildman–Crippen MR) is 126 cm³/mol. The highest BCUT2D eigenvalue weighted by Gasteiger charge is 2.23. The van der Waals surface area contributed by atoms with E-state index in [0.717, 1.165) is 47.3 Å². The Morgan fingerprint density at radius 2 is 1.97 bits per heavy atom. The average Bonchev–Trinajstić information content (AvgIpc) is 3.20. The number of aryl methyl sites for hydroxylation is 2. The van der Waals surface area contributed by atoms with Crippen LogP contribution in [0.4, 0.5) is 0 Å². The van der Waals surface area contributed by atoms with Crippen molar-refractivity contribution < 1.29 is 9.52 Å². The Bertz CT molecular complexity index is 1300. The highest BCUT2D eigenvalue weighted by molar-refractivity contribution is 7.21. The van der Waals surface area contributed by atoms with Crippen LogP contribution in [0, 0.1) is 6.92 Å². The monoisotopic (exact) mass is 434 g/mol. The molecule has 1 saturated heterocycles. The molecule has 0 spiro atoms. The van der Waals surface area contributed by atoms with Gasteiger partial charge >= 0.3 is 0 Å². The predicted octanol–water partition coefficient (Wildman–Crippen LogP) is 5.63. The third-order valence-electron chi connectivity index (χ3n) is 6.23. The van der Waals surface area contributed by atoms with E-state index in [1.165, 1.54) is 17.8 Å². The molecule has 1 aliphatic rings. The van der Waals surface area contributed by atoms with Gasteiger partial charge in [0.1, 0.15) is 22.1 Å². The number of phenols is 1. The molecular formula is C25H26N2O3S. The van der Waals surface area contributed by atoms with E-state index in [-0.39, 0.29) is 11.2 Å². The molecule has 1 aliphatic heterocycles. The van der Waals surface area contributed by atoms with Crippen molar-refractivity contribution in [3.8, 4) is 16.3 Å². The molecule has 4 aromatic rings. The molecule has 0 amide bonds. The largest absolute Gasteiger partial charge is 0.507 e. The number of hydrogen-bond donors (Lipinski definition) is 1. The Balaban J connectivity index is 1.72. The lowest BCUT2D eigenvalue weighted by Gasteiger charge is -2.27. The third-order valence-corrected chi connectivity index (χ3v) is 7.28. The Hall–Kier alpha value is -2.70. The van der Waals surface area contributed by atoms with E-state index < -0.39 is 0 Å². The molecular weight excluding hydrogens is 408 g/mol. The molecule has 0 radical (unpaired) electrons. The molecule has 3 heterocycles. The number of benzene rings is 2. The first-order valence-electron chi connectivity index (χ1n) is 11.0. The molecule has 2 aromatic carbocycles. The lowest BCUT2D eigenvalue weighted by molar-refractivity contribution is 0.218. The van der Waals surface area contributed by atoms with Crippen molar-refractivity contribution in [1.29, 1.82) is 0 Å². The Kier molecular flexibility index (Phi) is 5.28. The van der Waals surface area contributed by atoms with Gasteiger partial charge in [-0.3, -0.25) is 9.69 Å². The highest BCUT2D eigenvalue weighted by Crippen LogP contribution is 2.36. The number of nitrogens with zero attached hydrogens (tertiary/aromatic N) is 2. The minimum atomic E-state index is -0.0765. The van der Waals surface area contributed by atoms with E-state index >= 15 is 0 Å². The highest BCUT2D eigenvalue weighted by atomic mass is 32.1. The fraction of sp³-hybridized carbons (Fsp3) is 0.360. The first kappa shape index (κ1) is 20.2. The number of fused-ring (bicyclic) bond motifs is 2. The molecule has 0 bridgehead atoms. The van der Waals surface area contributed by atoms with Gasteiger partial charge in [-0.25, -0.2) is 4.98 Å². The average molecular weight is 435 g/mol. The Morgan fingerprint density at radius 3 is 2.71 bits per heavy atom. The quantitative estimate of drug-likeness (QED) is 0.451. The second-order valence-electron chi connectivity index (χ2n) is 8.28. The molecule has 2 aromatic heterocycles. The van der Waals surface area contributed by atoms with Crippen LogP contribution in [0.15, 0.2) is 39.5 Å². The van der Waals surface area contributed by atoms with Gasteiger partial charge < -0.3 is 9.52 Å². The summed E-state index contributed by atoms with van der Waals surface area (Å²) in [6.45, 7) is 6.42. The topological polar surface area (TPSA) is 66.6 Å². The van der Waals surface area contributed by atoms with Crippen molar-refractivity contribution in [1.82, 2.24) is 9.88 Å². The summed E-state index contributed by atoms with van der Waals surface area (Å²) in [7, 11) is 0. The van der Waals surface area contributed by atoms with Crippen LogP contribution in [0.3, 0.4) is 0 Å². The van der Waals surface area contributed by atoms with Crippen LogP contribution in [0.5, 0.6) is 5.75 Å². The summed E-state index contributed by atoms with van der Waals surface area (Å²) in [6, 6.07) is 9.69. The van der Waals surface area contributed by atoms with Crippen molar-refractivity contribution in [2.45, 2.75) is 46.1 Å². The summed E-state index contributed by atoms with van der Waals surface area (Å²) in [5, 5.41) is 12.2. The molecule has 160 valence electrons. The fourth-order valence-corrected chi connectivity index (χ4v) is 5.60. The van der Waals surface area contributed by atoms with Gasteiger partial charge in [-0.1, -0.05) is 25.5 Å². The molecule has 5 rings (SSSR count). The minimum absolute atomic E-state index is 0.0765. The van der Waals surface area contributed by atoms with Crippen molar-refractivity contribution in [3.63, 3.8) is 0 Å². The molecule has 1 N–H and O–H groups in total. The Labute approximate surface area is 185 Å². The summed E-state index contributed by atoms with van der Waals surface area (Å²) in [5.74, 6) is 0.802. The van der Waals surface area contributed by atoms with Crippen LogP contribution >= 0.6 is 11.3 Å². The lowest BCUT2D eigenvalue weighted by Crippen LogP contribution is -2.29. The van der Waals surface area contributed by atoms with Gasteiger partial charge in [-0.05, 0) is 63.0 Å². The van der Waals surface area contributed by atoms with E-state index in [1.807, 2.05) is 38.1 Å². The summed E-state index contributed by atoms with van der Waals surface area (Å²) in [6.07, 6.45) is 4.23. The van der Waals surface area contributed by atoms with Crippen molar-refractivity contribution in [2.24, 2.45) is 0 Å². The first-order valence-corrected chi connectivity index (χ1v) is 11.8. The molecule has 0 aliphatic carbocycles. The molecule has 6 heteroatoms. The van der Waals surface area contributed by atoms with Crippen molar-refractivity contribution in [2.75, 3.05) is 13.1 Å². The minimum Gasteiger partial charge on any atom is -0.507 e. The van der Waals surface area contributed by atoms with Crippen molar-refractivity contribution in [3.05, 3.63) is 57.4 Å². The summed E-state index contributed by atoms with van der Waals surface area (Å²) < 4.78 is 7.30. The maximum atomic E-state index is 13.7. The number of aromatic hydroxyl groups is 1. The number of aromatic nitrogens is 1. The van der Waals surface area contributed by atoms with E-state index in [2.05, 4.69) is 9.88 Å². The van der Waals surface area contributed by atoms with Gasteiger partial charge in [0.2, 0.25) is 5.43 Å². The van der Waals surface area contributed by atoms with E-state index in [9.17, 15) is 9.90 Å². The van der Waals surface area contributed by atoms with Crippen LogP contribution in [-0.4, -0.2) is 28.1 Å². The normalized spacial score (nSPS) is 15.2. The summed E-state index contributed by atoms with van der Waals surface area (Å²) in [5.41, 5.74) is 3.34. The van der Waals surface area contributed by atoms with Crippen LogP contribution in [0.1, 0.15) is 43.1 Å². The zero-order valence-corrected chi connectivity index (χ0v) is 18.7. The smallest absolute Gasteiger partial charge is 0.203 e. The SMILES string of the molecule is CCc1cc2c(=O)c(-c3nc4ccccc4s3)c(C)oc2c(CN2CCCCC2)c1O. The lowest BCUT2D eigenvalue weighted by atomic mass is 9.99. The van der Waals surface area contributed by atoms with Crippen LogP contribution < -0.4 is 5.43 Å². The maximum Gasteiger partial charge on any atom is 0.203 e. The molecule has 31 heavy (non-hydrogen) atoms. The molecule has 1 fully saturated rings. The summed E-state index contributed by atoms with van der Waals surface area (Å²) in [4.78, 5) is 20.7. The first-order chi connectivity index (χ1) is 15.1. The van der Waals surface area contributed by atoms with Crippen LogP contribution in [0.2, 0.25) is 0 Å². The number of piperidine rings is 1. The second-order valence-corrected chi connectivity index (χ2v) is 9.31. The number of hydrogen-bond acceptors (Lipinski definition) is 6. The zero-order chi connectivity index (χ0) is 21.5. The van der Waals surface area contributed by atoms with Gasteiger partial charge in [0.15, 0.2) is 0 Å². The molecule has 0 unspecified atom stereocenters. The van der Waals surface area contributed by atoms with Gasteiger partial charge in [-0.2, -0.15) is 0 Å². The van der Waals surface area contributed by atoms with Crippen molar-refractivity contribution >= 4 is 32.5 Å². The van der Waals surface area contributed by atoms with Gasteiger partial charge in [0.05, 0.1) is 26.7 Å². The molecule has 0 atom stereocenters. The van der Waals surface area contributed by atoms with Crippen LogP contribution in [0.25, 0.3) is 31.8 Å². The molecule has 5 nitrogen and oxygen atoms in total. The molecule has 0 saturated carbocycles. The van der Waals surface area contributed by atoms with Crippen LogP contribution in [-0.2, 0) is 13.0 Å². The number of para-hydroxylation sites is 1. The Morgan fingerprint density at radius 1 is 1.19 bits per heavy atom. The fourth-order valence-electron chi connectivity index (χ4n) is 4.54. The zero-order valence-electron chi connectivity index (χ0n) is 17.9. The maximum absolute atomic E-state index is 13.7. The van der Waals surface area contributed by atoms with E-state index in [4.69, 9.17) is 4.42 Å². The van der Waals surface area contributed by atoms with Gasteiger partial charge in [0, 0.05) is 6.54 Å². The number of phenolic OH excluding ortho intramolecular Hbond substituents is 1. The standard InChI is InChI=1S/C25H26N2O3S/c1-3-16-13-17-23(29)21(25-26-19-9-5-6-10-20(19)31-25)15(2)30-24(17)18(22(16)28)14-27-11-7-4-8-12-27/h5-6,9-10,13,28H,3-4,7-8,11-12,14H2,1-2H3. The number of rotatable bonds is 4. The second kappa shape index (κ2) is 8.09. The van der Waals surface area contributed by atoms with E-state index in [0.29, 0.717) is 40.3 Å². The van der Waals surface area contributed by atoms with Gasteiger partial charge in [0.25, 0.3) is 0 Å². The van der Waals surface area contributed by atoms with E-state index in [1.54, 1.807) is 6.07 Å². The van der Waals surface area contributed by atoms with Gasteiger partial charge in [-0.15, -0.1) is 11.3 Å². The number of thiazole rings is 1.